The van der Waals surface area contributed by atoms with E-state index in [9.17, 15) is 0 Å². The topological polar surface area (TPSA) is 31.4 Å². The van der Waals surface area contributed by atoms with E-state index in [-0.39, 0.29) is 0 Å². The number of aromatic nitrogens is 1. The Labute approximate surface area is 137 Å². The van der Waals surface area contributed by atoms with Crippen molar-refractivity contribution in [2.24, 2.45) is 0 Å². The van der Waals surface area contributed by atoms with E-state index in [2.05, 4.69) is 4.98 Å². The van der Waals surface area contributed by atoms with Crippen LogP contribution in [0, 0.1) is 0 Å². The molecule has 0 bridgehead atoms. The van der Waals surface area contributed by atoms with Crippen molar-refractivity contribution < 1.29 is 9.47 Å². The van der Waals surface area contributed by atoms with Gasteiger partial charge < -0.3 is 9.47 Å². The highest BCUT2D eigenvalue weighted by Crippen LogP contribution is 2.32. The molecular formula is C17H14ClNO2S. The van der Waals surface area contributed by atoms with Crippen molar-refractivity contribution in [2.45, 2.75) is 0 Å². The van der Waals surface area contributed by atoms with Crippen LogP contribution in [0.1, 0.15) is 10.6 Å². The molecule has 0 amide bonds. The summed E-state index contributed by atoms with van der Waals surface area (Å²) in [5.41, 5.74) is 1.86. The number of methoxy groups -OCH3 is 2. The first-order valence-corrected chi connectivity index (χ1v) is 7.86. The van der Waals surface area contributed by atoms with E-state index < -0.39 is 0 Å². The van der Waals surface area contributed by atoms with Crippen LogP contribution in [0.25, 0.3) is 22.4 Å². The third-order valence-electron chi connectivity index (χ3n) is 3.21. The maximum Gasteiger partial charge on any atom is 0.167 e. The molecule has 2 aromatic carbocycles. The third kappa shape index (κ3) is 2.93. The van der Waals surface area contributed by atoms with Gasteiger partial charge in [0.05, 0.1) is 24.4 Å². The molecule has 0 aliphatic carbocycles. The maximum absolute atomic E-state index is 5.99. The van der Waals surface area contributed by atoms with Crippen LogP contribution >= 0.6 is 22.9 Å². The van der Waals surface area contributed by atoms with E-state index in [1.54, 1.807) is 25.6 Å². The van der Waals surface area contributed by atoms with Crippen molar-refractivity contribution in [1.29, 1.82) is 0 Å². The zero-order chi connectivity index (χ0) is 15.5. The molecule has 0 unspecified atom stereocenters. The number of thiazole rings is 1. The van der Waals surface area contributed by atoms with Gasteiger partial charge in [0.1, 0.15) is 5.01 Å². The third-order valence-corrected chi connectivity index (χ3v) is 4.44. The van der Waals surface area contributed by atoms with Crippen LogP contribution < -0.4 is 9.47 Å². The highest BCUT2D eigenvalue weighted by atomic mass is 35.5. The molecule has 0 saturated carbocycles. The maximum atomic E-state index is 5.99. The molecule has 0 aliphatic rings. The molecule has 3 aromatic rings. The predicted octanol–water partition coefficient (Wildman–Crippen LogP) is 5.14. The molecule has 0 saturated heterocycles. The number of rotatable bonds is 4. The zero-order valence-electron chi connectivity index (χ0n) is 12.2. The summed E-state index contributed by atoms with van der Waals surface area (Å²) < 4.78 is 11.8. The molecule has 0 fully saturated rings. The van der Waals surface area contributed by atoms with Crippen LogP contribution in [0.3, 0.4) is 0 Å². The monoisotopic (exact) mass is 331 g/mol. The molecule has 112 valence electrons. The number of fused-ring (bicyclic) bond motifs is 1. The molecule has 1 heterocycles. The van der Waals surface area contributed by atoms with E-state index in [1.165, 1.54) is 0 Å². The van der Waals surface area contributed by atoms with Gasteiger partial charge in [0.25, 0.3) is 0 Å². The molecule has 0 radical (unpaired) electrons. The Morgan fingerprint density at radius 1 is 1.09 bits per heavy atom. The van der Waals surface area contributed by atoms with E-state index in [4.69, 9.17) is 21.1 Å². The van der Waals surface area contributed by atoms with Crippen LogP contribution in [0.2, 0.25) is 5.02 Å². The quantitative estimate of drug-likeness (QED) is 0.663. The average Bonchev–Trinajstić information content (AvgIpc) is 2.94. The molecule has 0 aliphatic heterocycles. The normalized spacial score (nSPS) is 11.2. The average molecular weight is 332 g/mol. The zero-order valence-corrected chi connectivity index (χ0v) is 13.7. The predicted molar refractivity (Wildman–Crippen MR) is 93.1 cm³/mol. The van der Waals surface area contributed by atoms with Gasteiger partial charge in [0.15, 0.2) is 11.5 Å². The molecule has 22 heavy (non-hydrogen) atoms. The van der Waals surface area contributed by atoms with Crippen molar-refractivity contribution in [3.8, 4) is 11.5 Å². The summed E-state index contributed by atoms with van der Waals surface area (Å²) in [5, 5.41) is 1.62. The largest absolute Gasteiger partial charge is 0.493 e. The highest BCUT2D eigenvalue weighted by molar-refractivity contribution is 7.19. The second-order valence-corrected chi connectivity index (χ2v) is 6.08. The van der Waals surface area contributed by atoms with Gasteiger partial charge in [-0.1, -0.05) is 23.7 Å². The molecule has 0 N–H and O–H groups in total. The fourth-order valence-electron chi connectivity index (χ4n) is 2.19. The van der Waals surface area contributed by atoms with Gasteiger partial charge in [-0.3, -0.25) is 0 Å². The SMILES string of the molecule is COc1cccc(C=Cc2nc3cc(Cl)ccc3s2)c1OC. The lowest BCUT2D eigenvalue weighted by molar-refractivity contribution is 0.354. The van der Waals surface area contributed by atoms with Crippen molar-refractivity contribution in [2.75, 3.05) is 14.2 Å². The molecule has 0 atom stereocenters. The minimum atomic E-state index is 0.697. The number of benzene rings is 2. The number of nitrogens with zero attached hydrogens (tertiary/aromatic N) is 1. The first-order valence-electron chi connectivity index (χ1n) is 6.66. The Bertz CT molecular complexity index is 842. The lowest BCUT2D eigenvalue weighted by Gasteiger charge is -2.09. The summed E-state index contributed by atoms with van der Waals surface area (Å²) in [7, 11) is 3.26. The number of hydrogen-bond donors (Lipinski definition) is 0. The molecular weight excluding hydrogens is 318 g/mol. The van der Waals surface area contributed by atoms with E-state index in [0.29, 0.717) is 16.5 Å². The van der Waals surface area contributed by atoms with Crippen LogP contribution in [0.15, 0.2) is 36.4 Å². The summed E-state index contributed by atoms with van der Waals surface area (Å²) in [4.78, 5) is 4.56. The van der Waals surface area contributed by atoms with Gasteiger partial charge in [-0.15, -0.1) is 11.3 Å². The van der Waals surface area contributed by atoms with Gasteiger partial charge in [0, 0.05) is 10.6 Å². The van der Waals surface area contributed by atoms with Gasteiger partial charge in [-0.25, -0.2) is 4.98 Å². The lowest BCUT2D eigenvalue weighted by atomic mass is 10.1. The van der Waals surface area contributed by atoms with Crippen molar-refractivity contribution in [3.63, 3.8) is 0 Å². The first-order chi connectivity index (χ1) is 10.7. The van der Waals surface area contributed by atoms with E-state index >= 15 is 0 Å². The van der Waals surface area contributed by atoms with Gasteiger partial charge in [0.2, 0.25) is 0 Å². The van der Waals surface area contributed by atoms with Crippen molar-refractivity contribution in [3.05, 3.63) is 52.0 Å². The van der Waals surface area contributed by atoms with Crippen molar-refractivity contribution in [1.82, 2.24) is 4.98 Å². The Kier molecular flexibility index (Phi) is 4.32. The second-order valence-electron chi connectivity index (χ2n) is 4.58. The number of halogens is 1. The molecule has 3 nitrogen and oxygen atoms in total. The van der Waals surface area contributed by atoms with Crippen molar-refractivity contribution >= 4 is 45.3 Å². The highest BCUT2D eigenvalue weighted by Gasteiger charge is 2.07. The number of hydrogen-bond acceptors (Lipinski definition) is 4. The summed E-state index contributed by atoms with van der Waals surface area (Å²) in [6.45, 7) is 0. The Balaban J connectivity index is 1.95. The smallest absolute Gasteiger partial charge is 0.167 e. The Morgan fingerprint density at radius 2 is 1.95 bits per heavy atom. The number of ether oxygens (including phenoxy) is 2. The Morgan fingerprint density at radius 3 is 2.73 bits per heavy atom. The second kappa shape index (κ2) is 6.38. The molecule has 3 rings (SSSR count). The van der Waals surface area contributed by atoms with E-state index in [1.807, 2.05) is 48.6 Å². The van der Waals surface area contributed by atoms with Gasteiger partial charge in [-0.2, -0.15) is 0 Å². The number of para-hydroxylation sites is 1. The standard InChI is InChI=1S/C17H14ClNO2S/c1-20-14-5-3-4-11(17(14)21-2)6-9-16-19-13-10-12(18)7-8-15(13)22-16/h3-10H,1-2H3. The lowest BCUT2D eigenvalue weighted by Crippen LogP contribution is -1.92. The van der Waals surface area contributed by atoms with Crippen LogP contribution in [-0.4, -0.2) is 19.2 Å². The summed E-state index contributed by atoms with van der Waals surface area (Å²) in [6.07, 6.45) is 3.94. The minimum Gasteiger partial charge on any atom is -0.493 e. The van der Waals surface area contributed by atoms with E-state index in [0.717, 1.165) is 20.8 Å². The first kappa shape index (κ1) is 14.9. The molecule has 0 spiro atoms. The summed E-state index contributed by atoms with van der Waals surface area (Å²) in [6, 6.07) is 11.5. The van der Waals surface area contributed by atoms with Crippen LogP contribution in [0.4, 0.5) is 0 Å². The Hall–Kier alpha value is -2.04. The summed E-state index contributed by atoms with van der Waals surface area (Å²) >= 11 is 7.61. The fraction of sp³-hybridized carbons (Fsp3) is 0.118. The minimum absolute atomic E-state index is 0.697. The van der Waals surface area contributed by atoms with Gasteiger partial charge in [-0.05, 0) is 36.4 Å². The van der Waals surface area contributed by atoms with Crippen LogP contribution in [0.5, 0.6) is 11.5 Å². The molecule has 5 heteroatoms. The molecule has 1 aromatic heterocycles. The van der Waals surface area contributed by atoms with Gasteiger partial charge >= 0.3 is 0 Å². The fourth-order valence-corrected chi connectivity index (χ4v) is 3.21. The summed E-state index contributed by atoms with van der Waals surface area (Å²) in [5.74, 6) is 1.42. The van der Waals surface area contributed by atoms with Crippen LogP contribution in [-0.2, 0) is 0 Å².